The van der Waals surface area contributed by atoms with Crippen LogP contribution in [0.2, 0.25) is 5.02 Å². The smallest absolute Gasteiger partial charge is 0.336 e. The van der Waals surface area contributed by atoms with Crippen LogP contribution in [0.3, 0.4) is 0 Å². The molecule has 2 aromatic heterocycles. The molecule has 0 saturated heterocycles. The first-order valence-corrected chi connectivity index (χ1v) is 6.04. The van der Waals surface area contributed by atoms with Crippen LogP contribution in [0.1, 0.15) is 10.4 Å². The summed E-state index contributed by atoms with van der Waals surface area (Å²) in [6.07, 6.45) is 0. The highest BCUT2D eigenvalue weighted by Crippen LogP contribution is 2.24. The highest BCUT2D eigenvalue weighted by Gasteiger charge is 2.17. The minimum Gasteiger partial charge on any atom is -0.478 e. The number of benzene rings is 1. The zero-order valence-electron chi connectivity index (χ0n) is 9.98. The third-order valence-electron chi connectivity index (χ3n) is 2.89. The van der Waals surface area contributed by atoms with E-state index in [4.69, 9.17) is 11.6 Å². The fourth-order valence-electron chi connectivity index (χ4n) is 2.01. The van der Waals surface area contributed by atoms with Gasteiger partial charge in [0.15, 0.2) is 5.65 Å². The van der Waals surface area contributed by atoms with E-state index in [-0.39, 0.29) is 16.6 Å². The molecular formula is C13H8ClN3O3. The van der Waals surface area contributed by atoms with Crippen molar-refractivity contribution in [3.8, 4) is 11.3 Å². The number of fused-ring (bicyclic) bond motifs is 1. The molecule has 0 amide bonds. The molecule has 0 bridgehead atoms. The maximum Gasteiger partial charge on any atom is 0.336 e. The SMILES string of the molecule is O=C(O)c1cc(-c2cccc(Cl)c2)nc2[nH][nH]c(=O)c12. The van der Waals surface area contributed by atoms with Gasteiger partial charge in [0, 0.05) is 10.6 Å². The number of H-pyrrole nitrogens is 2. The Balaban J connectivity index is 2.33. The van der Waals surface area contributed by atoms with Crippen molar-refractivity contribution in [3.05, 3.63) is 51.3 Å². The number of aromatic carboxylic acids is 1. The number of pyridine rings is 1. The van der Waals surface area contributed by atoms with Crippen LogP contribution in [0.15, 0.2) is 35.1 Å². The lowest BCUT2D eigenvalue weighted by atomic mass is 10.1. The van der Waals surface area contributed by atoms with Crippen molar-refractivity contribution in [2.24, 2.45) is 0 Å². The largest absolute Gasteiger partial charge is 0.478 e. The zero-order valence-corrected chi connectivity index (χ0v) is 10.7. The Labute approximate surface area is 117 Å². The van der Waals surface area contributed by atoms with Crippen molar-refractivity contribution in [3.63, 3.8) is 0 Å². The second kappa shape index (κ2) is 4.50. The quantitative estimate of drug-likeness (QED) is 0.674. The van der Waals surface area contributed by atoms with Gasteiger partial charge in [0.05, 0.1) is 16.6 Å². The average Bonchev–Trinajstić information content (AvgIpc) is 2.79. The highest BCUT2D eigenvalue weighted by molar-refractivity contribution is 6.30. The molecule has 7 heteroatoms. The van der Waals surface area contributed by atoms with Gasteiger partial charge in [-0.05, 0) is 18.2 Å². The molecule has 0 spiro atoms. The number of hydrogen-bond acceptors (Lipinski definition) is 3. The molecule has 1 aromatic carbocycles. The van der Waals surface area contributed by atoms with Gasteiger partial charge in [0.2, 0.25) is 0 Å². The first-order valence-electron chi connectivity index (χ1n) is 5.67. The number of halogens is 1. The Bertz CT molecular complexity index is 882. The lowest BCUT2D eigenvalue weighted by Crippen LogP contribution is -2.06. The van der Waals surface area contributed by atoms with Gasteiger partial charge in [-0.25, -0.2) is 9.78 Å². The third-order valence-corrected chi connectivity index (χ3v) is 3.13. The number of rotatable bonds is 2. The molecule has 3 N–H and O–H groups in total. The molecule has 0 aliphatic heterocycles. The number of carbonyl (C=O) groups is 1. The van der Waals surface area contributed by atoms with Crippen molar-refractivity contribution in [2.75, 3.05) is 0 Å². The predicted molar refractivity (Wildman–Crippen MR) is 74.1 cm³/mol. The van der Waals surface area contributed by atoms with Gasteiger partial charge < -0.3 is 5.11 Å². The molecule has 0 unspecified atom stereocenters. The van der Waals surface area contributed by atoms with Crippen molar-refractivity contribution >= 4 is 28.6 Å². The van der Waals surface area contributed by atoms with Crippen LogP contribution in [-0.2, 0) is 0 Å². The van der Waals surface area contributed by atoms with Crippen LogP contribution in [0.5, 0.6) is 0 Å². The number of carboxylic acid groups (broad SMARTS) is 1. The van der Waals surface area contributed by atoms with Crippen LogP contribution in [-0.4, -0.2) is 26.3 Å². The molecule has 3 rings (SSSR count). The van der Waals surface area contributed by atoms with E-state index in [1.807, 2.05) is 0 Å². The van der Waals surface area contributed by atoms with E-state index in [0.717, 1.165) is 0 Å². The fraction of sp³-hybridized carbons (Fsp3) is 0. The first-order chi connectivity index (χ1) is 9.56. The van der Waals surface area contributed by atoms with Gasteiger partial charge in [-0.2, -0.15) is 0 Å². The van der Waals surface area contributed by atoms with Gasteiger partial charge in [0.25, 0.3) is 5.56 Å². The number of carboxylic acids is 1. The van der Waals surface area contributed by atoms with Gasteiger partial charge in [-0.15, -0.1) is 0 Å². The summed E-state index contributed by atoms with van der Waals surface area (Å²) in [6.45, 7) is 0. The molecule has 0 aliphatic rings. The molecule has 0 fully saturated rings. The van der Waals surface area contributed by atoms with Crippen molar-refractivity contribution < 1.29 is 9.90 Å². The van der Waals surface area contributed by atoms with Crippen molar-refractivity contribution in [1.82, 2.24) is 15.2 Å². The average molecular weight is 290 g/mol. The summed E-state index contributed by atoms with van der Waals surface area (Å²) < 4.78 is 0. The molecule has 100 valence electrons. The van der Waals surface area contributed by atoms with Crippen LogP contribution in [0, 0.1) is 0 Å². The highest BCUT2D eigenvalue weighted by atomic mass is 35.5. The summed E-state index contributed by atoms with van der Waals surface area (Å²) in [5, 5.41) is 14.7. The van der Waals surface area contributed by atoms with Gasteiger partial charge in [-0.1, -0.05) is 23.7 Å². The maximum absolute atomic E-state index is 11.6. The second-order valence-corrected chi connectivity index (χ2v) is 4.61. The molecule has 0 radical (unpaired) electrons. The minimum absolute atomic E-state index is 0.0308. The van der Waals surface area contributed by atoms with Crippen LogP contribution in [0.4, 0.5) is 0 Å². The van der Waals surface area contributed by atoms with Gasteiger partial charge >= 0.3 is 5.97 Å². The number of aromatic nitrogens is 3. The Morgan fingerprint density at radius 2 is 2.05 bits per heavy atom. The van der Waals surface area contributed by atoms with E-state index in [1.165, 1.54) is 6.07 Å². The number of hydrogen-bond donors (Lipinski definition) is 3. The Morgan fingerprint density at radius 1 is 1.25 bits per heavy atom. The number of nitrogens with zero attached hydrogens (tertiary/aromatic N) is 1. The summed E-state index contributed by atoms with van der Waals surface area (Å²) in [7, 11) is 0. The molecule has 2 heterocycles. The summed E-state index contributed by atoms with van der Waals surface area (Å²) in [5.74, 6) is -1.19. The standard InChI is InChI=1S/C13H8ClN3O3/c14-7-3-1-2-6(4-7)9-5-8(13(19)20)10-11(15-9)16-17-12(10)18/h1-5H,(H,19,20)(H2,15,16,17,18). The molecule has 0 atom stereocenters. The van der Waals surface area contributed by atoms with Crippen molar-refractivity contribution in [1.29, 1.82) is 0 Å². The second-order valence-electron chi connectivity index (χ2n) is 4.17. The molecule has 20 heavy (non-hydrogen) atoms. The van der Waals surface area contributed by atoms with E-state index in [0.29, 0.717) is 16.3 Å². The Kier molecular flexibility index (Phi) is 2.80. The van der Waals surface area contributed by atoms with E-state index in [1.54, 1.807) is 24.3 Å². The van der Waals surface area contributed by atoms with E-state index in [9.17, 15) is 14.7 Å². The minimum atomic E-state index is -1.19. The monoisotopic (exact) mass is 289 g/mol. The van der Waals surface area contributed by atoms with E-state index >= 15 is 0 Å². The van der Waals surface area contributed by atoms with E-state index in [2.05, 4.69) is 15.2 Å². The summed E-state index contributed by atoms with van der Waals surface area (Å²) >= 11 is 5.91. The Hall–Kier alpha value is -2.60. The lowest BCUT2D eigenvalue weighted by molar-refractivity contribution is 0.0699. The zero-order chi connectivity index (χ0) is 14.3. The molecule has 0 saturated carbocycles. The lowest BCUT2D eigenvalue weighted by Gasteiger charge is -2.04. The number of aromatic amines is 2. The van der Waals surface area contributed by atoms with Crippen LogP contribution in [0.25, 0.3) is 22.3 Å². The third kappa shape index (κ3) is 1.96. The topological polar surface area (TPSA) is 98.8 Å². The van der Waals surface area contributed by atoms with E-state index < -0.39 is 11.5 Å². The number of nitrogens with one attached hydrogen (secondary N) is 2. The molecule has 0 aliphatic carbocycles. The van der Waals surface area contributed by atoms with Gasteiger partial charge in [-0.3, -0.25) is 15.0 Å². The Morgan fingerprint density at radius 3 is 2.75 bits per heavy atom. The summed E-state index contributed by atoms with van der Waals surface area (Å²) in [6, 6.07) is 8.24. The summed E-state index contributed by atoms with van der Waals surface area (Å²) in [4.78, 5) is 27.1. The van der Waals surface area contributed by atoms with Crippen molar-refractivity contribution in [2.45, 2.75) is 0 Å². The molecule has 3 aromatic rings. The fourth-order valence-corrected chi connectivity index (χ4v) is 2.20. The van der Waals surface area contributed by atoms with Gasteiger partial charge in [0.1, 0.15) is 0 Å². The molecular weight excluding hydrogens is 282 g/mol. The predicted octanol–water partition coefficient (Wildman–Crippen LogP) is 2.27. The first kappa shape index (κ1) is 12.4. The normalized spacial score (nSPS) is 10.8. The van der Waals surface area contributed by atoms with Crippen LogP contribution >= 0.6 is 11.6 Å². The van der Waals surface area contributed by atoms with Crippen LogP contribution < -0.4 is 5.56 Å². The summed E-state index contributed by atoms with van der Waals surface area (Å²) in [5.41, 5.74) is 0.677. The molecule has 6 nitrogen and oxygen atoms in total. The maximum atomic E-state index is 11.6.